The summed E-state index contributed by atoms with van der Waals surface area (Å²) in [7, 11) is 0. The Balaban J connectivity index is 0.00000182. The molecule has 1 aliphatic heterocycles. The fourth-order valence-corrected chi connectivity index (χ4v) is 3.89. The molecule has 2 atom stereocenters. The maximum atomic E-state index is 12.4. The fourth-order valence-electron chi connectivity index (χ4n) is 3.89. The SMILES string of the molecule is Cl.O=C(NCC1CCc2ccccc21)c1ccn(C2CCCNC2)n1. The van der Waals surface area contributed by atoms with E-state index in [1.165, 1.54) is 11.1 Å². The molecule has 25 heavy (non-hydrogen) atoms. The molecule has 1 saturated heterocycles. The van der Waals surface area contributed by atoms with Gasteiger partial charge < -0.3 is 10.6 Å². The average Bonchev–Trinajstić information content (AvgIpc) is 3.28. The first kappa shape index (κ1) is 18.0. The normalized spacial score (nSPS) is 22.1. The van der Waals surface area contributed by atoms with E-state index in [4.69, 9.17) is 0 Å². The van der Waals surface area contributed by atoms with Crippen molar-refractivity contribution in [1.82, 2.24) is 20.4 Å². The van der Waals surface area contributed by atoms with Gasteiger partial charge in [-0.2, -0.15) is 5.10 Å². The molecule has 1 aromatic carbocycles. The summed E-state index contributed by atoms with van der Waals surface area (Å²) in [6.45, 7) is 2.70. The number of carbonyl (C=O) groups excluding carboxylic acids is 1. The predicted molar refractivity (Wildman–Crippen MR) is 100 cm³/mol. The van der Waals surface area contributed by atoms with Crippen molar-refractivity contribution in [1.29, 1.82) is 0 Å². The smallest absolute Gasteiger partial charge is 0.271 e. The molecule has 0 bridgehead atoms. The molecule has 1 fully saturated rings. The van der Waals surface area contributed by atoms with E-state index in [0.29, 0.717) is 24.2 Å². The molecule has 1 aliphatic carbocycles. The van der Waals surface area contributed by atoms with Gasteiger partial charge in [-0.25, -0.2) is 0 Å². The third-order valence-electron chi connectivity index (χ3n) is 5.25. The van der Waals surface area contributed by atoms with Crippen LogP contribution in [0, 0.1) is 0 Å². The van der Waals surface area contributed by atoms with Gasteiger partial charge in [0.15, 0.2) is 0 Å². The van der Waals surface area contributed by atoms with Crippen LogP contribution >= 0.6 is 12.4 Å². The molecule has 2 unspecified atom stereocenters. The summed E-state index contributed by atoms with van der Waals surface area (Å²) < 4.78 is 1.94. The zero-order valence-corrected chi connectivity index (χ0v) is 15.1. The van der Waals surface area contributed by atoms with Gasteiger partial charge in [0.2, 0.25) is 0 Å². The van der Waals surface area contributed by atoms with Gasteiger partial charge in [-0.1, -0.05) is 24.3 Å². The van der Waals surface area contributed by atoms with Gasteiger partial charge in [0.25, 0.3) is 5.91 Å². The largest absolute Gasteiger partial charge is 0.350 e. The van der Waals surface area contributed by atoms with Crippen LogP contribution in [0.15, 0.2) is 36.5 Å². The van der Waals surface area contributed by atoms with Crippen LogP contribution in [-0.4, -0.2) is 35.3 Å². The molecule has 0 radical (unpaired) electrons. The first-order chi connectivity index (χ1) is 11.8. The third kappa shape index (κ3) is 3.88. The number of hydrogen-bond donors (Lipinski definition) is 2. The Morgan fingerprint density at radius 1 is 1.28 bits per heavy atom. The average molecular weight is 361 g/mol. The molecule has 6 heteroatoms. The standard InChI is InChI=1S/C19H24N4O.ClH/c24-19(18-9-11-23(22-18)16-5-3-10-20-13-16)21-12-15-8-7-14-4-1-2-6-17(14)15;/h1-2,4,6,9,11,15-16,20H,3,5,7-8,10,12-13H2,(H,21,24);1H. The summed E-state index contributed by atoms with van der Waals surface area (Å²) in [5, 5.41) is 10.9. The number of nitrogens with one attached hydrogen (secondary N) is 2. The Kier molecular flexibility index (Phi) is 5.76. The van der Waals surface area contributed by atoms with Gasteiger partial charge in [0.05, 0.1) is 6.04 Å². The van der Waals surface area contributed by atoms with E-state index in [9.17, 15) is 4.79 Å². The molecule has 2 aromatic rings. The topological polar surface area (TPSA) is 59.0 Å². The second kappa shape index (κ2) is 8.02. The Morgan fingerprint density at radius 2 is 2.16 bits per heavy atom. The van der Waals surface area contributed by atoms with Crippen molar-refractivity contribution in [2.24, 2.45) is 0 Å². The van der Waals surface area contributed by atoms with Gasteiger partial charge >= 0.3 is 0 Å². The highest BCUT2D eigenvalue weighted by Crippen LogP contribution is 2.32. The summed E-state index contributed by atoms with van der Waals surface area (Å²) >= 11 is 0. The summed E-state index contributed by atoms with van der Waals surface area (Å²) in [4.78, 5) is 12.4. The van der Waals surface area contributed by atoms with Gasteiger partial charge in [-0.3, -0.25) is 9.48 Å². The zero-order chi connectivity index (χ0) is 16.4. The van der Waals surface area contributed by atoms with Crippen LogP contribution in [0.5, 0.6) is 0 Å². The van der Waals surface area contributed by atoms with E-state index in [1.807, 2.05) is 16.9 Å². The van der Waals surface area contributed by atoms with E-state index < -0.39 is 0 Å². The fraction of sp³-hybridized carbons (Fsp3) is 0.474. The highest BCUT2D eigenvalue weighted by atomic mass is 35.5. The van der Waals surface area contributed by atoms with Gasteiger partial charge in [0.1, 0.15) is 5.69 Å². The number of aryl methyl sites for hydroxylation is 1. The van der Waals surface area contributed by atoms with E-state index in [1.54, 1.807) is 0 Å². The molecule has 4 rings (SSSR count). The lowest BCUT2D eigenvalue weighted by atomic mass is 10.0. The van der Waals surface area contributed by atoms with E-state index in [0.717, 1.165) is 38.8 Å². The predicted octanol–water partition coefficient (Wildman–Crippen LogP) is 2.69. The number of carbonyl (C=O) groups is 1. The van der Waals surface area contributed by atoms with Gasteiger partial charge in [0, 0.05) is 25.2 Å². The molecule has 0 spiro atoms. The van der Waals surface area contributed by atoms with Crippen LogP contribution in [0.25, 0.3) is 0 Å². The highest BCUT2D eigenvalue weighted by Gasteiger charge is 2.23. The summed E-state index contributed by atoms with van der Waals surface area (Å²) in [6.07, 6.45) is 6.43. The molecule has 1 amide bonds. The first-order valence-electron chi connectivity index (χ1n) is 8.93. The lowest BCUT2D eigenvalue weighted by molar-refractivity contribution is 0.0944. The molecule has 2 aliphatic rings. The number of nitrogens with zero attached hydrogens (tertiary/aromatic N) is 2. The molecule has 0 saturated carbocycles. The van der Waals surface area contributed by atoms with Crippen molar-refractivity contribution in [3.8, 4) is 0 Å². The van der Waals surface area contributed by atoms with Crippen LogP contribution in [0.4, 0.5) is 0 Å². The summed E-state index contributed by atoms with van der Waals surface area (Å²) in [5.74, 6) is 0.358. The number of benzene rings is 1. The summed E-state index contributed by atoms with van der Waals surface area (Å²) in [6, 6.07) is 10.7. The molecular weight excluding hydrogens is 336 g/mol. The van der Waals surface area contributed by atoms with E-state index >= 15 is 0 Å². The van der Waals surface area contributed by atoms with E-state index in [2.05, 4.69) is 40.0 Å². The van der Waals surface area contributed by atoms with Crippen LogP contribution in [-0.2, 0) is 6.42 Å². The van der Waals surface area contributed by atoms with Crippen LogP contribution in [0.3, 0.4) is 0 Å². The molecule has 134 valence electrons. The van der Waals surface area contributed by atoms with Crippen molar-refractivity contribution in [3.05, 3.63) is 53.3 Å². The summed E-state index contributed by atoms with van der Waals surface area (Å²) in [5.41, 5.74) is 3.33. The number of fused-ring (bicyclic) bond motifs is 1. The second-order valence-electron chi connectivity index (χ2n) is 6.83. The number of amides is 1. The first-order valence-corrected chi connectivity index (χ1v) is 8.93. The monoisotopic (exact) mass is 360 g/mol. The van der Waals surface area contributed by atoms with Crippen LogP contribution in [0.2, 0.25) is 0 Å². The number of aromatic nitrogens is 2. The zero-order valence-electron chi connectivity index (χ0n) is 14.3. The number of piperidine rings is 1. The number of rotatable bonds is 4. The van der Waals surface area contributed by atoms with Crippen LogP contribution < -0.4 is 10.6 Å². The minimum Gasteiger partial charge on any atom is -0.350 e. The lowest BCUT2D eigenvalue weighted by Crippen LogP contribution is -2.32. The molecule has 2 heterocycles. The highest BCUT2D eigenvalue weighted by molar-refractivity contribution is 5.92. The van der Waals surface area contributed by atoms with Crippen molar-refractivity contribution in [2.45, 2.75) is 37.6 Å². The molecule has 5 nitrogen and oxygen atoms in total. The van der Waals surface area contributed by atoms with Crippen molar-refractivity contribution in [3.63, 3.8) is 0 Å². The minimum absolute atomic E-state index is 0. The number of halogens is 1. The second-order valence-corrected chi connectivity index (χ2v) is 6.83. The van der Waals surface area contributed by atoms with Gasteiger partial charge in [-0.05, 0) is 49.4 Å². The Labute approximate surface area is 154 Å². The molecule has 1 aromatic heterocycles. The number of hydrogen-bond acceptors (Lipinski definition) is 3. The quantitative estimate of drug-likeness (QED) is 0.881. The third-order valence-corrected chi connectivity index (χ3v) is 5.25. The molecule has 2 N–H and O–H groups in total. The minimum atomic E-state index is -0.0677. The van der Waals surface area contributed by atoms with Crippen molar-refractivity contribution in [2.75, 3.05) is 19.6 Å². The maximum Gasteiger partial charge on any atom is 0.271 e. The lowest BCUT2D eigenvalue weighted by Gasteiger charge is -2.22. The molecular formula is C19H25ClN4O. The van der Waals surface area contributed by atoms with Crippen molar-refractivity contribution < 1.29 is 4.79 Å². The van der Waals surface area contributed by atoms with E-state index in [-0.39, 0.29) is 18.3 Å². The Bertz CT molecular complexity index is 724. The van der Waals surface area contributed by atoms with Gasteiger partial charge in [-0.15, -0.1) is 12.4 Å². The van der Waals surface area contributed by atoms with Crippen molar-refractivity contribution >= 4 is 18.3 Å². The van der Waals surface area contributed by atoms with Crippen LogP contribution in [0.1, 0.15) is 52.8 Å². The Morgan fingerprint density at radius 3 is 3.00 bits per heavy atom. The maximum absolute atomic E-state index is 12.4. The Hall–Kier alpha value is -1.85.